The number of nitriles is 1. The number of alkyl halides is 1. The standard InChI is InChI=1S/C21H17ClF2N6O6/c22-20-28-15(26)14-16(29-20)30(8-27-14)17-13(24)4-11(36-17)7-35-21(18(31)32,19(33)34)5-9-1-2-10(6-25)12(23)3-9/h1-3,8,11,13,17H,4-5,7H2,(H,31,32)(H,33,34)(H2,26,28,29). The maximum absolute atomic E-state index is 14.9. The maximum Gasteiger partial charge on any atom is 0.348 e. The number of benzene rings is 1. The molecule has 0 saturated carbocycles. The third-order valence-electron chi connectivity index (χ3n) is 5.64. The molecule has 4 N–H and O–H groups in total. The average Bonchev–Trinajstić information content (AvgIpc) is 3.39. The van der Waals surface area contributed by atoms with E-state index in [0.29, 0.717) is 0 Å². The molecule has 15 heteroatoms. The van der Waals surface area contributed by atoms with Gasteiger partial charge in [0.1, 0.15) is 23.6 Å². The van der Waals surface area contributed by atoms with Crippen molar-refractivity contribution < 1.29 is 38.1 Å². The number of hydrogen-bond acceptors (Lipinski definition) is 9. The largest absolute Gasteiger partial charge is 0.479 e. The zero-order valence-corrected chi connectivity index (χ0v) is 18.9. The Bertz CT molecular complexity index is 1380. The molecule has 1 aliphatic rings. The van der Waals surface area contributed by atoms with Gasteiger partial charge in [0.25, 0.3) is 5.60 Å². The first-order valence-electron chi connectivity index (χ1n) is 10.3. The van der Waals surface area contributed by atoms with E-state index in [9.17, 15) is 28.6 Å². The smallest absolute Gasteiger partial charge is 0.348 e. The van der Waals surface area contributed by atoms with Gasteiger partial charge in [-0.1, -0.05) is 6.07 Å². The zero-order valence-electron chi connectivity index (χ0n) is 18.1. The van der Waals surface area contributed by atoms with Gasteiger partial charge in [0, 0.05) is 12.8 Å². The van der Waals surface area contributed by atoms with Crippen molar-refractivity contribution in [3.05, 3.63) is 46.8 Å². The summed E-state index contributed by atoms with van der Waals surface area (Å²) in [7, 11) is 0. The van der Waals surface area contributed by atoms with Crippen molar-refractivity contribution in [1.82, 2.24) is 19.5 Å². The number of nitrogens with two attached hydrogens (primary N) is 1. The third-order valence-corrected chi connectivity index (χ3v) is 5.81. The molecule has 3 atom stereocenters. The molecule has 0 spiro atoms. The van der Waals surface area contributed by atoms with Crippen LogP contribution in [0.25, 0.3) is 11.2 Å². The van der Waals surface area contributed by atoms with Crippen LogP contribution < -0.4 is 5.73 Å². The first-order chi connectivity index (χ1) is 17.1. The number of nitrogens with zero attached hydrogens (tertiary/aromatic N) is 5. The molecule has 2 aromatic heterocycles. The van der Waals surface area contributed by atoms with Gasteiger partial charge in [0.05, 0.1) is 24.6 Å². The summed E-state index contributed by atoms with van der Waals surface area (Å²) in [4.78, 5) is 35.8. The summed E-state index contributed by atoms with van der Waals surface area (Å²) in [5, 5.41) is 28.1. The summed E-state index contributed by atoms with van der Waals surface area (Å²) >= 11 is 5.83. The van der Waals surface area contributed by atoms with Crippen LogP contribution in [-0.4, -0.2) is 66.2 Å². The van der Waals surface area contributed by atoms with Gasteiger partial charge in [-0.2, -0.15) is 15.2 Å². The van der Waals surface area contributed by atoms with Crippen LogP contribution in [0, 0.1) is 17.1 Å². The van der Waals surface area contributed by atoms with Gasteiger partial charge in [-0.15, -0.1) is 0 Å². The lowest BCUT2D eigenvalue weighted by Gasteiger charge is -2.27. The van der Waals surface area contributed by atoms with Crippen LogP contribution in [0.1, 0.15) is 23.8 Å². The van der Waals surface area contributed by atoms with Crippen molar-refractivity contribution in [1.29, 1.82) is 5.26 Å². The van der Waals surface area contributed by atoms with Gasteiger partial charge in [-0.25, -0.2) is 23.4 Å². The molecule has 1 fully saturated rings. The Morgan fingerprint density at radius 1 is 1.36 bits per heavy atom. The Balaban J connectivity index is 1.54. The van der Waals surface area contributed by atoms with Gasteiger partial charge >= 0.3 is 11.9 Å². The molecule has 3 unspecified atom stereocenters. The van der Waals surface area contributed by atoms with Crippen molar-refractivity contribution >= 4 is 40.5 Å². The first-order valence-corrected chi connectivity index (χ1v) is 10.7. The highest BCUT2D eigenvalue weighted by atomic mass is 35.5. The molecule has 0 amide bonds. The minimum absolute atomic E-state index is 0.0241. The van der Waals surface area contributed by atoms with Gasteiger partial charge in [-0.05, 0) is 29.3 Å². The molecule has 1 saturated heterocycles. The second kappa shape index (κ2) is 9.61. The molecule has 36 heavy (non-hydrogen) atoms. The monoisotopic (exact) mass is 522 g/mol. The van der Waals surface area contributed by atoms with Crippen molar-refractivity contribution in [2.75, 3.05) is 12.3 Å². The molecular formula is C21H17ClF2N6O6. The molecule has 4 rings (SSSR count). The van der Waals surface area contributed by atoms with E-state index >= 15 is 0 Å². The lowest BCUT2D eigenvalue weighted by molar-refractivity contribution is -0.188. The number of aliphatic carboxylic acids is 2. The van der Waals surface area contributed by atoms with E-state index in [-0.39, 0.29) is 39.8 Å². The summed E-state index contributed by atoms with van der Waals surface area (Å²) in [6, 6.07) is 4.77. The molecule has 0 aliphatic carbocycles. The van der Waals surface area contributed by atoms with Crippen LogP contribution >= 0.6 is 11.6 Å². The van der Waals surface area contributed by atoms with Crippen LogP contribution in [0.4, 0.5) is 14.6 Å². The molecule has 0 radical (unpaired) electrons. The highest BCUT2D eigenvalue weighted by molar-refractivity contribution is 6.28. The summed E-state index contributed by atoms with van der Waals surface area (Å²) in [6.07, 6.45) is -3.73. The van der Waals surface area contributed by atoms with Crippen LogP contribution in [-0.2, 0) is 25.5 Å². The van der Waals surface area contributed by atoms with Crippen molar-refractivity contribution in [2.45, 2.75) is 36.9 Å². The van der Waals surface area contributed by atoms with Gasteiger partial charge in [0.15, 0.2) is 17.7 Å². The van der Waals surface area contributed by atoms with Gasteiger partial charge < -0.3 is 25.4 Å². The summed E-state index contributed by atoms with van der Waals surface area (Å²) in [5.74, 6) is -4.68. The average molecular weight is 523 g/mol. The number of carboxylic acids is 2. The lowest BCUT2D eigenvalue weighted by Crippen LogP contribution is -2.52. The Morgan fingerprint density at radius 3 is 2.72 bits per heavy atom. The lowest BCUT2D eigenvalue weighted by atomic mass is 9.93. The number of fused-ring (bicyclic) bond motifs is 1. The molecule has 0 bridgehead atoms. The Kier molecular flexibility index (Phi) is 6.72. The summed E-state index contributed by atoms with van der Waals surface area (Å²) < 4.78 is 41.1. The van der Waals surface area contributed by atoms with Crippen LogP contribution in [0.2, 0.25) is 5.28 Å². The molecule has 1 aliphatic heterocycles. The molecule has 12 nitrogen and oxygen atoms in total. The van der Waals surface area contributed by atoms with Crippen LogP contribution in [0.15, 0.2) is 24.5 Å². The van der Waals surface area contributed by atoms with E-state index < -0.39 is 54.9 Å². The SMILES string of the molecule is N#Cc1ccc(CC(OCC2CC(F)C(n3cnc4c(N)nc(Cl)nc43)O2)(C(=O)O)C(=O)O)cc1F. The number of halogens is 3. The van der Waals surface area contributed by atoms with Crippen molar-refractivity contribution in [3.8, 4) is 6.07 Å². The topological polar surface area (TPSA) is 186 Å². The number of nitrogen functional groups attached to an aromatic ring is 1. The van der Waals surface area contributed by atoms with Gasteiger partial charge in [-0.3, -0.25) is 4.57 Å². The predicted molar refractivity (Wildman–Crippen MR) is 117 cm³/mol. The third kappa shape index (κ3) is 4.51. The number of rotatable bonds is 8. The number of ether oxygens (including phenoxy) is 2. The Hall–Kier alpha value is -3.93. The molecule has 3 heterocycles. The molecule has 3 aromatic rings. The first kappa shape index (κ1) is 25.2. The van der Waals surface area contributed by atoms with E-state index in [1.807, 2.05) is 0 Å². The number of imidazole rings is 1. The van der Waals surface area contributed by atoms with E-state index in [4.69, 9.17) is 32.1 Å². The quantitative estimate of drug-likeness (QED) is 0.289. The zero-order chi connectivity index (χ0) is 26.2. The minimum atomic E-state index is -2.83. The molecular weight excluding hydrogens is 506 g/mol. The molecule has 188 valence electrons. The number of anilines is 1. The van der Waals surface area contributed by atoms with E-state index in [1.54, 1.807) is 6.07 Å². The van der Waals surface area contributed by atoms with Crippen molar-refractivity contribution in [3.63, 3.8) is 0 Å². The number of carbonyl (C=O) groups is 2. The van der Waals surface area contributed by atoms with Crippen LogP contribution in [0.5, 0.6) is 0 Å². The fourth-order valence-corrected chi connectivity index (χ4v) is 4.02. The fraction of sp³-hybridized carbons (Fsp3) is 0.333. The highest BCUT2D eigenvalue weighted by Gasteiger charge is 2.50. The predicted octanol–water partition coefficient (Wildman–Crippen LogP) is 1.87. The minimum Gasteiger partial charge on any atom is -0.479 e. The van der Waals surface area contributed by atoms with E-state index in [1.165, 1.54) is 17.0 Å². The summed E-state index contributed by atoms with van der Waals surface area (Å²) in [5.41, 5.74) is 2.87. The van der Waals surface area contributed by atoms with E-state index in [2.05, 4.69) is 15.0 Å². The van der Waals surface area contributed by atoms with Crippen molar-refractivity contribution in [2.24, 2.45) is 0 Å². The van der Waals surface area contributed by atoms with Gasteiger partial charge in [0.2, 0.25) is 5.28 Å². The Labute approximate surface area is 205 Å². The van der Waals surface area contributed by atoms with Crippen LogP contribution in [0.3, 0.4) is 0 Å². The fourth-order valence-electron chi connectivity index (χ4n) is 3.85. The highest BCUT2D eigenvalue weighted by Crippen LogP contribution is 2.35. The maximum atomic E-state index is 14.9. The second-order valence-corrected chi connectivity index (χ2v) is 8.29. The second-order valence-electron chi connectivity index (χ2n) is 7.95. The summed E-state index contributed by atoms with van der Waals surface area (Å²) in [6.45, 7) is -0.612. The number of hydrogen-bond donors (Lipinski definition) is 3. The Morgan fingerprint density at radius 2 is 2.08 bits per heavy atom. The molecule has 1 aromatic carbocycles. The normalized spacial score (nSPS) is 19.9. The van der Waals surface area contributed by atoms with E-state index in [0.717, 1.165) is 12.1 Å². The number of aromatic nitrogens is 4. The number of carboxylic acid groups (broad SMARTS) is 2.